The fraction of sp³-hybridized carbons (Fsp3) is 0.200. The van der Waals surface area contributed by atoms with Gasteiger partial charge >= 0.3 is 0 Å². The maximum Gasteiger partial charge on any atom is 0.241 e. The minimum absolute atomic E-state index is 0.241. The van der Waals surface area contributed by atoms with Crippen LogP contribution in [0, 0.1) is 6.92 Å². The third-order valence-corrected chi connectivity index (χ3v) is 7.57. The molecule has 4 nitrogen and oxygen atoms in total. The molecule has 180 valence electrons. The topological polar surface area (TPSA) is 58.2 Å². The van der Waals surface area contributed by atoms with Crippen molar-refractivity contribution in [3.63, 3.8) is 0 Å². The smallest absolute Gasteiger partial charge is 0.241 e. The highest BCUT2D eigenvalue weighted by atomic mass is 32.2. The van der Waals surface area contributed by atoms with E-state index in [1.165, 1.54) is 5.56 Å². The summed E-state index contributed by atoms with van der Waals surface area (Å²) >= 11 is 0. The van der Waals surface area contributed by atoms with Crippen LogP contribution in [0.15, 0.2) is 120 Å². The van der Waals surface area contributed by atoms with E-state index >= 15 is 0 Å². The molecule has 2 N–H and O–H groups in total. The summed E-state index contributed by atoms with van der Waals surface area (Å²) in [6.45, 7) is 2.70. The van der Waals surface area contributed by atoms with E-state index in [4.69, 9.17) is 0 Å². The van der Waals surface area contributed by atoms with E-state index in [1.54, 1.807) is 12.1 Å². The molecule has 0 spiro atoms. The summed E-state index contributed by atoms with van der Waals surface area (Å²) in [5, 5.41) is 3.66. The van der Waals surface area contributed by atoms with Gasteiger partial charge in [0, 0.05) is 0 Å². The van der Waals surface area contributed by atoms with Crippen LogP contribution < -0.4 is 10.0 Å². The van der Waals surface area contributed by atoms with Gasteiger partial charge in [0.05, 0.1) is 17.0 Å². The van der Waals surface area contributed by atoms with Crippen LogP contribution in [-0.4, -0.2) is 15.0 Å². The highest BCUT2D eigenvalue weighted by Crippen LogP contribution is 2.31. The first kappa shape index (κ1) is 24.9. The van der Waals surface area contributed by atoms with Gasteiger partial charge in [0.2, 0.25) is 10.0 Å². The van der Waals surface area contributed by atoms with Crippen LogP contribution in [0.4, 0.5) is 0 Å². The van der Waals surface area contributed by atoms with Crippen LogP contribution in [-0.2, 0) is 16.4 Å². The maximum absolute atomic E-state index is 13.4. The van der Waals surface area contributed by atoms with Gasteiger partial charge in [0.1, 0.15) is 0 Å². The number of hydrogen-bond acceptors (Lipinski definition) is 3. The van der Waals surface area contributed by atoms with Gasteiger partial charge in [-0.25, -0.2) is 13.1 Å². The Morgan fingerprint density at radius 2 is 1.17 bits per heavy atom. The monoisotopic (exact) mass is 484 g/mol. The number of benzene rings is 4. The highest BCUT2D eigenvalue weighted by Gasteiger charge is 2.29. The molecule has 0 heterocycles. The molecule has 0 aliphatic rings. The Morgan fingerprint density at radius 3 is 1.74 bits per heavy atom. The molecule has 0 saturated carbocycles. The van der Waals surface area contributed by atoms with Crippen LogP contribution in [0.3, 0.4) is 0 Å². The third-order valence-electron chi connectivity index (χ3n) is 6.11. The van der Waals surface area contributed by atoms with Crippen molar-refractivity contribution >= 4 is 10.0 Å². The molecule has 2 atom stereocenters. The van der Waals surface area contributed by atoms with Crippen molar-refractivity contribution in [2.45, 2.75) is 36.7 Å². The van der Waals surface area contributed by atoms with Crippen LogP contribution >= 0.6 is 0 Å². The normalized spacial score (nSPS) is 13.3. The minimum Gasteiger partial charge on any atom is -0.308 e. The fourth-order valence-corrected chi connectivity index (χ4v) is 5.46. The zero-order chi connectivity index (χ0) is 24.5. The lowest BCUT2D eigenvalue weighted by atomic mass is 9.94. The van der Waals surface area contributed by atoms with E-state index in [9.17, 15) is 8.42 Å². The van der Waals surface area contributed by atoms with E-state index in [1.807, 2.05) is 85.8 Å². The predicted octanol–water partition coefficient (Wildman–Crippen LogP) is 5.98. The van der Waals surface area contributed by atoms with Gasteiger partial charge in [-0.15, -0.1) is 0 Å². The summed E-state index contributed by atoms with van der Waals surface area (Å²) in [6, 6.07) is 36.5. The zero-order valence-corrected chi connectivity index (χ0v) is 20.8. The first-order chi connectivity index (χ1) is 17.0. The Hall–Kier alpha value is -3.25. The van der Waals surface area contributed by atoms with Crippen molar-refractivity contribution in [1.29, 1.82) is 0 Å². The van der Waals surface area contributed by atoms with Crippen LogP contribution in [0.2, 0.25) is 0 Å². The highest BCUT2D eigenvalue weighted by molar-refractivity contribution is 7.89. The Labute approximate surface area is 209 Å². The Morgan fingerprint density at radius 1 is 0.657 bits per heavy atom. The summed E-state index contributed by atoms with van der Waals surface area (Å²) in [6.07, 6.45) is 1.90. The molecule has 0 fully saturated rings. The molecule has 4 rings (SSSR count). The Kier molecular flexibility index (Phi) is 8.48. The summed E-state index contributed by atoms with van der Waals surface area (Å²) in [5.74, 6) is 0. The molecule has 0 aliphatic carbocycles. The maximum atomic E-state index is 13.4. The number of sulfonamides is 1. The number of nitrogens with one attached hydrogen (secondary N) is 2. The van der Waals surface area contributed by atoms with Gasteiger partial charge in [-0.1, -0.05) is 109 Å². The van der Waals surface area contributed by atoms with Crippen molar-refractivity contribution in [3.05, 3.63) is 138 Å². The van der Waals surface area contributed by atoms with Gasteiger partial charge in [-0.05, 0) is 55.1 Å². The SMILES string of the molecule is Cc1ccc(S(=O)(=O)N[C@@H](c2ccccc2)C(NCCCc2ccccc2)c2ccccc2)cc1. The molecule has 0 radical (unpaired) electrons. The molecule has 0 saturated heterocycles. The second-order valence-electron chi connectivity index (χ2n) is 8.75. The molecule has 4 aromatic carbocycles. The summed E-state index contributed by atoms with van der Waals surface area (Å²) < 4.78 is 29.9. The average molecular weight is 485 g/mol. The van der Waals surface area contributed by atoms with Crippen molar-refractivity contribution in [1.82, 2.24) is 10.0 Å². The van der Waals surface area contributed by atoms with Crippen molar-refractivity contribution in [3.8, 4) is 0 Å². The number of rotatable bonds is 11. The predicted molar refractivity (Wildman–Crippen MR) is 143 cm³/mol. The summed E-state index contributed by atoms with van der Waals surface area (Å²) in [5.41, 5.74) is 4.26. The molecule has 0 aromatic heterocycles. The molecule has 0 bridgehead atoms. The van der Waals surface area contributed by atoms with Crippen molar-refractivity contribution in [2.75, 3.05) is 6.54 Å². The van der Waals surface area contributed by atoms with Crippen LogP contribution in [0.25, 0.3) is 0 Å². The van der Waals surface area contributed by atoms with Crippen LogP contribution in [0.5, 0.6) is 0 Å². The second-order valence-corrected chi connectivity index (χ2v) is 10.5. The van der Waals surface area contributed by atoms with E-state index in [2.05, 4.69) is 34.3 Å². The number of aryl methyl sites for hydroxylation is 2. The first-order valence-corrected chi connectivity index (χ1v) is 13.5. The van der Waals surface area contributed by atoms with Gasteiger partial charge in [-0.3, -0.25) is 0 Å². The van der Waals surface area contributed by atoms with Crippen LogP contribution in [0.1, 0.15) is 40.8 Å². The quantitative estimate of drug-likeness (QED) is 0.258. The molecule has 35 heavy (non-hydrogen) atoms. The molecule has 4 aromatic rings. The third kappa shape index (κ3) is 6.89. The zero-order valence-electron chi connectivity index (χ0n) is 20.0. The average Bonchev–Trinajstić information content (AvgIpc) is 2.89. The first-order valence-electron chi connectivity index (χ1n) is 12.0. The van der Waals surface area contributed by atoms with E-state index in [-0.39, 0.29) is 10.9 Å². The minimum atomic E-state index is -3.74. The Balaban J connectivity index is 1.61. The van der Waals surface area contributed by atoms with E-state index < -0.39 is 16.1 Å². The van der Waals surface area contributed by atoms with Gasteiger partial charge in [0.15, 0.2) is 0 Å². The molecule has 0 amide bonds. The summed E-state index contributed by atoms with van der Waals surface area (Å²) in [7, 11) is -3.74. The lowest BCUT2D eigenvalue weighted by molar-refractivity contribution is 0.420. The second kappa shape index (κ2) is 11.9. The van der Waals surface area contributed by atoms with Gasteiger partial charge < -0.3 is 5.32 Å². The van der Waals surface area contributed by atoms with Gasteiger partial charge in [-0.2, -0.15) is 0 Å². The fourth-order valence-electron chi connectivity index (χ4n) is 4.22. The van der Waals surface area contributed by atoms with E-state index in [0.29, 0.717) is 0 Å². The summed E-state index contributed by atoms with van der Waals surface area (Å²) in [4.78, 5) is 0.264. The molecule has 1 unspecified atom stereocenters. The lowest BCUT2D eigenvalue weighted by Gasteiger charge is -2.30. The van der Waals surface area contributed by atoms with Crippen molar-refractivity contribution in [2.24, 2.45) is 0 Å². The van der Waals surface area contributed by atoms with E-state index in [0.717, 1.165) is 36.1 Å². The molecular formula is C30H32N2O2S. The largest absolute Gasteiger partial charge is 0.308 e. The van der Waals surface area contributed by atoms with Gasteiger partial charge in [0.25, 0.3) is 0 Å². The Bertz CT molecular complexity index is 1280. The number of hydrogen-bond donors (Lipinski definition) is 2. The lowest BCUT2D eigenvalue weighted by Crippen LogP contribution is -2.39. The van der Waals surface area contributed by atoms with Crippen molar-refractivity contribution < 1.29 is 8.42 Å². The molecule has 0 aliphatic heterocycles. The molecule has 5 heteroatoms. The molecular weight excluding hydrogens is 452 g/mol. The standard InChI is InChI=1S/C30H32N2O2S/c1-24-19-21-28(22-20-24)35(33,34)32-30(27-17-9-4-10-18-27)29(26-15-7-3-8-16-26)31-23-11-14-25-12-5-2-6-13-25/h2-10,12-13,15-22,29-32H,11,14,23H2,1H3/t29?,30-/m0/s1.